The maximum absolute atomic E-state index is 12.7. The number of rotatable bonds is 4. The van der Waals surface area contributed by atoms with E-state index >= 15 is 0 Å². The van der Waals surface area contributed by atoms with E-state index in [1.807, 2.05) is 17.0 Å². The molecule has 0 aliphatic carbocycles. The molecule has 1 aromatic carbocycles. The van der Waals surface area contributed by atoms with E-state index in [0.29, 0.717) is 0 Å². The molecule has 0 spiro atoms. The maximum atomic E-state index is 12.7. The molecule has 2 aliphatic rings. The molecule has 1 fully saturated rings. The first-order chi connectivity index (χ1) is 14.7. The molecule has 2 aromatic rings. The lowest BCUT2D eigenvalue weighted by molar-refractivity contribution is -0.130. The normalized spacial score (nSPS) is 17.0. The quantitative estimate of drug-likeness (QED) is 0.598. The number of benzene rings is 1. The van der Waals surface area contributed by atoms with Crippen LogP contribution in [-0.4, -0.2) is 75.1 Å². The highest BCUT2D eigenvalue weighted by Gasteiger charge is 2.23. The van der Waals surface area contributed by atoms with Gasteiger partial charge in [0.1, 0.15) is 5.75 Å². The lowest BCUT2D eigenvalue weighted by Gasteiger charge is -2.38. The van der Waals surface area contributed by atoms with Crippen LogP contribution in [0.25, 0.3) is 0 Å². The monoisotopic (exact) mass is 427 g/mol. The van der Waals surface area contributed by atoms with Crippen LogP contribution in [0.1, 0.15) is 10.4 Å². The fourth-order valence-electron chi connectivity index (χ4n) is 4.03. The van der Waals surface area contributed by atoms with Gasteiger partial charge in [-0.3, -0.25) is 9.79 Å². The van der Waals surface area contributed by atoms with Crippen molar-refractivity contribution >= 4 is 28.9 Å². The summed E-state index contributed by atoms with van der Waals surface area (Å²) in [4.78, 5) is 25.0. The van der Waals surface area contributed by atoms with E-state index in [-0.39, 0.29) is 12.5 Å². The van der Waals surface area contributed by atoms with Crippen molar-refractivity contribution in [3.05, 3.63) is 46.2 Å². The molecule has 1 saturated heterocycles. The number of hydrogen-bond acceptors (Lipinski definition) is 5. The molecule has 30 heavy (non-hydrogen) atoms. The van der Waals surface area contributed by atoms with Gasteiger partial charge in [0.25, 0.3) is 0 Å². The number of fused-ring (bicyclic) bond motifs is 1. The average molecular weight is 428 g/mol. The Morgan fingerprint density at radius 1 is 1.10 bits per heavy atom. The van der Waals surface area contributed by atoms with Gasteiger partial charge in [-0.1, -0.05) is 0 Å². The molecule has 160 valence electrons. The summed E-state index contributed by atoms with van der Waals surface area (Å²) in [6.45, 7) is 5.35. The minimum atomic E-state index is 0.130. The zero-order valence-electron chi connectivity index (χ0n) is 17.6. The molecule has 4 rings (SSSR count). The molecule has 1 N–H and O–H groups in total. The molecule has 7 nitrogen and oxygen atoms in total. The van der Waals surface area contributed by atoms with Crippen molar-refractivity contribution in [2.24, 2.45) is 4.99 Å². The summed E-state index contributed by atoms with van der Waals surface area (Å²) >= 11 is 1.79. The summed E-state index contributed by atoms with van der Waals surface area (Å²) in [5, 5.41) is 5.39. The first-order valence-electron chi connectivity index (χ1n) is 10.4. The lowest BCUT2D eigenvalue weighted by atomic mass is 10.1. The van der Waals surface area contributed by atoms with Gasteiger partial charge in [0.15, 0.2) is 5.96 Å². The van der Waals surface area contributed by atoms with Crippen molar-refractivity contribution in [3.63, 3.8) is 0 Å². The third kappa shape index (κ3) is 4.53. The number of nitrogens with zero attached hydrogens (tertiary/aromatic N) is 4. The molecule has 0 saturated carbocycles. The molecular formula is C22H29N5O2S. The smallest absolute Gasteiger partial charge is 0.242 e. The Bertz CT molecular complexity index is 887. The van der Waals surface area contributed by atoms with E-state index in [9.17, 15) is 4.79 Å². The molecule has 0 atom stereocenters. The van der Waals surface area contributed by atoms with Gasteiger partial charge >= 0.3 is 0 Å². The predicted molar refractivity (Wildman–Crippen MR) is 122 cm³/mol. The van der Waals surface area contributed by atoms with Crippen LogP contribution >= 0.6 is 11.3 Å². The van der Waals surface area contributed by atoms with E-state index in [1.54, 1.807) is 25.5 Å². The van der Waals surface area contributed by atoms with Crippen LogP contribution in [0.3, 0.4) is 0 Å². The Morgan fingerprint density at radius 2 is 1.87 bits per heavy atom. The summed E-state index contributed by atoms with van der Waals surface area (Å²) in [5.74, 6) is 1.80. The van der Waals surface area contributed by atoms with E-state index in [0.717, 1.165) is 57.4 Å². The Hall–Kier alpha value is -2.74. The highest BCUT2D eigenvalue weighted by molar-refractivity contribution is 7.10. The van der Waals surface area contributed by atoms with Crippen molar-refractivity contribution < 1.29 is 9.53 Å². The Labute approximate surface area is 181 Å². The molecule has 3 heterocycles. The SMILES string of the molecule is CN=C(NCC(=O)N1CCc2sccc2C1)N1CCN(c2ccc(OC)cc2)CC1. The van der Waals surface area contributed by atoms with E-state index in [2.05, 4.69) is 43.7 Å². The number of guanidine groups is 1. The second kappa shape index (κ2) is 9.38. The molecule has 1 amide bonds. The van der Waals surface area contributed by atoms with Crippen LogP contribution in [0.2, 0.25) is 0 Å². The van der Waals surface area contributed by atoms with Crippen molar-refractivity contribution in [1.82, 2.24) is 15.1 Å². The number of anilines is 1. The number of ether oxygens (including phenoxy) is 1. The third-order valence-corrected chi connectivity index (χ3v) is 6.81. The zero-order chi connectivity index (χ0) is 20.9. The standard InChI is InChI=1S/C22H29N5O2S/c1-23-22(24-15-21(28)27-9-7-20-17(16-27)8-14-30-20)26-12-10-25(11-13-26)18-3-5-19(29-2)6-4-18/h3-6,8,14H,7,9-13,15-16H2,1-2H3,(H,23,24). The van der Waals surface area contributed by atoms with Crippen LogP contribution in [-0.2, 0) is 17.8 Å². The van der Waals surface area contributed by atoms with Crippen molar-refractivity contribution in [3.8, 4) is 5.75 Å². The van der Waals surface area contributed by atoms with Gasteiger partial charge < -0.3 is 24.8 Å². The number of carbonyl (C=O) groups excluding carboxylic acids is 1. The summed E-state index contributed by atoms with van der Waals surface area (Å²) < 4.78 is 5.24. The predicted octanol–water partition coefficient (Wildman–Crippen LogP) is 2.04. The highest BCUT2D eigenvalue weighted by atomic mass is 32.1. The van der Waals surface area contributed by atoms with Gasteiger partial charge in [0.05, 0.1) is 13.7 Å². The number of aliphatic imine (C=N–C) groups is 1. The Balaban J connectivity index is 1.26. The second-order valence-electron chi connectivity index (χ2n) is 7.51. The van der Waals surface area contributed by atoms with Crippen molar-refractivity contribution in [2.75, 3.05) is 58.3 Å². The van der Waals surface area contributed by atoms with Crippen LogP contribution in [0.15, 0.2) is 40.7 Å². The number of piperazine rings is 1. The average Bonchev–Trinajstić information content (AvgIpc) is 3.28. The Kier molecular flexibility index (Phi) is 6.42. The van der Waals surface area contributed by atoms with Crippen LogP contribution < -0.4 is 15.0 Å². The minimum absolute atomic E-state index is 0.130. The number of nitrogens with one attached hydrogen (secondary N) is 1. The van der Waals surface area contributed by atoms with Gasteiger partial charge in [-0.25, -0.2) is 0 Å². The van der Waals surface area contributed by atoms with Crippen LogP contribution in [0.5, 0.6) is 5.75 Å². The van der Waals surface area contributed by atoms with E-state index < -0.39 is 0 Å². The number of hydrogen-bond donors (Lipinski definition) is 1. The largest absolute Gasteiger partial charge is 0.497 e. The topological polar surface area (TPSA) is 60.4 Å². The highest BCUT2D eigenvalue weighted by Crippen LogP contribution is 2.24. The molecule has 0 bridgehead atoms. The van der Waals surface area contributed by atoms with Crippen LogP contribution in [0.4, 0.5) is 5.69 Å². The summed E-state index contributed by atoms with van der Waals surface area (Å²) in [7, 11) is 3.46. The van der Waals surface area contributed by atoms with Crippen LogP contribution in [0, 0.1) is 0 Å². The zero-order valence-corrected chi connectivity index (χ0v) is 18.5. The van der Waals surface area contributed by atoms with Gasteiger partial charge in [-0.2, -0.15) is 0 Å². The number of thiophene rings is 1. The summed E-state index contributed by atoms with van der Waals surface area (Å²) in [6.07, 6.45) is 0.959. The molecular weight excluding hydrogens is 398 g/mol. The summed E-state index contributed by atoms with van der Waals surface area (Å²) in [6, 6.07) is 10.3. The van der Waals surface area contributed by atoms with E-state index in [1.165, 1.54) is 16.1 Å². The molecule has 2 aliphatic heterocycles. The Morgan fingerprint density at radius 3 is 2.57 bits per heavy atom. The van der Waals surface area contributed by atoms with Crippen molar-refractivity contribution in [2.45, 2.75) is 13.0 Å². The van der Waals surface area contributed by atoms with Gasteiger partial charge in [0.2, 0.25) is 5.91 Å². The molecule has 1 aromatic heterocycles. The number of carbonyl (C=O) groups is 1. The first-order valence-corrected chi connectivity index (χ1v) is 11.2. The van der Waals surface area contributed by atoms with Gasteiger partial charge in [0, 0.05) is 56.9 Å². The second-order valence-corrected chi connectivity index (χ2v) is 8.51. The number of amides is 1. The molecule has 0 radical (unpaired) electrons. The fraction of sp³-hybridized carbons (Fsp3) is 0.455. The van der Waals surface area contributed by atoms with Crippen molar-refractivity contribution in [1.29, 1.82) is 0 Å². The molecule has 0 unspecified atom stereocenters. The number of methoxy groups -OCH3 is 1. The minimum Gasteiger partial charge on any atom is -0.497 e. The third-order valence-electron chi connectivity index (χ3n) is 5.79. The maximum Gasteiger partial charge on any atom is 0.242 e. The molecule has 8 heteroatoms. The van der Waals surface area contributed by atoms with Gasteiger partial charge in [-0.15, -0.1) is 11.3 Å². The summed E-state index contributed by atoms with van der Waals surface area (Å²) in [5.41, 5.74) is 2.49. The first kappa shape index (κ1) is 20.5. The van der Waals surface area contributed by atoms with E-state index in [4.69, 9.17) is 4.74 Å². The lowest BCUT2D eigenvalue weighted by Crippen LogP contribution is -2.54. The fourth-order valence-corrected chi connectivity index (χ4v) is 4.92. The van der Waals surface area contributed by atoms with Gasteiger partial charge in [-0.05, 0) is 47.7 Å².